The van der Waals surface area contributed by atoms with Gasteiger partial charge in [0.15, 0.2) is 0 Å². The first-order valence-electron chi connectivity index (χ1n) is 14.7. The van der Waals surface area contributed by atoms with Crippen LogP contribution in [0, 0.1) is 0 Å². The highest BCUT2D eigenvalue weighted by atomic mass is 16.5. The molecule has 202 valence electrons. The molecular formula is C38H24BNO3. The van der Waals surface area contributed by atoms with Gasteiger partial charge in [0.25, 0.3) is 6.71 Å². The summed E-state index contributed by atoms with van der Waals surface area (Å²) in [5.74, 6) is 3.55. The minimum Gasteiger partial charge on any atom is -0.458 e. The second-order valence-electron chi connectivity index (χ2n) is 12.3. The van der Waals surface area contributed by atoms with E-state index in [1.165, 1.54) is 22.1 Å². The first kappa shape index (κ1) is 23.3. The monoisotopic (exact) mass is 553 g/mol. The van der Waals surface area contributed by atoms with Crippen molar-refractivity contribution in [3.05, 3.63) is 121 Å². The van der Waals surface area contributed by atoms with Crippen molar-refractivity contribution in [3.8, 4) is 45.3 Å². The molecule has 0 unspecified atom stereocenters. The van der Waals surface area contributed by atoms with Gasteiger partial charge in [0.05, 0.1) is 0 Å². The van der Waals surface area contributed by atoms with E-state index in [2.05, 4.69) is 104 Å². The van der Waals surface area contributed by atoms with Crippen molar-refractivity contribution in [2.45, 2.75) is 19.3 Å². The Hall–Kier alpha value is -5.29. The number of benzene rings is 5. The summed E-state index contributed by atoms with van der Waals surface area (Å²) in [6.07, 6.45) is 3.64. The molecule has 5 heterocycles. The third-order valence-electron chi connectivity index (χ3n) is 9.74. The Morgan fingerprint density at radius 3 is 1.88 bits per heavy atom. The number of ether oxygens (including phenoxy) is 2. The van der Waals surface area contributed by atoms with E-state index in [1.807, 2.05) is 24.5 Å². The predicted molar refractivity (Wildman–Crippen MR) is 172 cm³/mol. The van der Waals surface area contributed by atoms with Crippen molar-refractivity contribution >= 4 is 45.0 Å². The smallest absolute Gasteiger partial charge is 0.261 e. The first-order chi connectivity index (χ1) is 21.1. The molecule has 4 nitrogen and oxygen atoms in total. The molecule has 0 spiro atoms. The van der Waals surface area contributed by atoms with Crippen molar-refractivity contribution in [3.63, 3.8) is 0 Å². The lowest BCUT2D eigenvalue weighted by atomic mass is 9.30. The quantitative estimate of drug-likeness (QED) is 0.206. The van der Waals surface area contributed by atoms with Crippen LogP contribution in [-0.4, -0.2) is 11.7 Å². The highest BCUT2D eigenvalue weighted by Crippen LogP contribution is 2.48. The number of furan rings is 1. The highest BCUT2D eigenvalue weighted by molar-refractivity contribution is 6.99. The molecule has 2 aromatic heterocycles. The van der Waals surface area contributed by atoms with Crippen LogP contribution >= 0.6 is 0 Å². The van der Waals surface area contributed by atoms with E-state index in [-0.39, 0.29) is 12.1 Å². The number of rotatable bonds is 2. The van der Waals surface area contributed by atoms with Crippen LogP contribution < -0.4 is 25.9 Å². The van der Waals surface area contributed by atoms with Gasteiger partial charge in [-0.25, -0.2) is 0 Å². The summed E-state index contributed by atoms with van der Waals surface area (Å²) in [4.78, 5) is 4.21. The molecule has 0 atom stereocenters. The molecule has 3 aliphatic rings. The summed E-state index contributed by atoms with van der Waals surface area (Å²) in [5.41, 5.74) is 11.9. The number of para-hydroxylation sites is 2. The van der Waals surface area contributed by atoms with Gasteiger partial charge in [-0.05, 0) is 64.0 Å². The van der Waals surface area contributed by atoms with Gasteiger partial charge in [0, 0.05) is 50.7 Å². The topological polar surface area (TPSA) is 44.5 Å². The fourth-order valence-corrected chi connectivity index (χ4v) is 7.82. The molecule has 0 aliphatic carbocycles. The third kappa shape index (κ3) is 2.89. The molecule has 0 saturated carbocycles. The van der Waals surface area contributed by atoms with Gasteiger partial charge in [-0.2, -0.15) is 0 Å². The van der Waals surface area contributed by atoms with Crippen molar-refractivity contribution in [1.29, 1.82) is 0 Å². The zero-order valence-corrected chi connectivity index (χ0v) is 23.6. The Kier molecular flexibility index (Phi) is 4.31. The normalized spacial score (nSPS) is 14.8. The number of fused-ring (bicyclic) bond motifs is 3. The van der Waals surface area contributed by atoms with Gasteiger partial charge < -0.3 is 13.9 Å². The standard InChI is InChI=1S/C38H24BNO3/c1-38(2)27-11-5-13-29-32(27)39-33-28(38)12-6-14-30(33)42-37-26(15-16-31(41-29)34(37)39)25-10-4-9-24-23-8-3-7-22(35(23)43-36(24)25)21-17-19-40-20-18-21/h3-20H,1-2H3. The number of pyridine rings is 1. The lowest BCUT2D eigenvalue weighted by molar-refractivity contribution is 0.461. The summed E-state index contributed by atoms with van der Waals surface area (Å²) >= 11 is 0. The number of hydrogen-bond acceptors (Lipinski definition) is 4. The number of nitrogens with zero attached hydrogens (tertiary/aromatic N) is 1. The van der Waals surface area contributed by atoms with Gasteiger partial charge in [-0.3, -0.25) is 4.98 Å². The maximum Gasteiger partial charge on any atom is 0.261 e. The van der Waals surface area contributed by atoms with E-state index in [0.717, 1.165) is 72.7 Å². The molecule has 0 N–H and O–H groups in total. The lowest BCUT2D eigenvalue weighted by Gasteiger charge is -2.44. The van der Waals surface area contributed by atoms with E-state index in [9.17, 15) is 0 Å². The van der Waals surface area contributed by atoms with Crippen LogP contribution in [-0.2, 0) is 5.41 Å². The fourth-order valence-electron chi connectivity index (χ4n) is 7.82. The van der Waals surface area contributed by atoms with Crippen LogP contribution in [0.3, 0.4) is 0 Å². The summed E-state index contributed by atoms with van der Waals surface area (Å²) in [7, 11) is 0. The third-order valence-corrected chi connectivity index (χ3v) is 9.74. The minimum absolute atomic E-state index is 0.0473. The molecule has 5 aromatic carbocycles. The average Bonchev–Trinajstić information content (AvgIpc) is 3.43. The Labute approximate surface area is 248 Å². The largest absolute Gasteiger partial charge is 0.458 e. The second-order valence-corrected chi connectivity index (χ2v) is 12.3. The molecule has 10 rings (SSSR count). The van der Waals surface area contributed by atoms with Crippen molar-refractivity contribution in [2.24, 2.45) is 0 Å². The molecule has 0 fully saturated rings. The molecule has 0 saturated heterocycles. The zero-order chi connectivity index (χ0) is 28.4. The van der Waals surface area contributed by atoms with Gasteiger partial charge in [-0.15, -0.1) is 0 Å². The van der Waals surface area contributed by atoms with Gasteiger partial charge in [-0.1, -0.05) is 74.5 Å². The van der Waals surface area contributed by atoms with Gasteiger partial charge >= 0.3 is 0 Å². The van der Waals surface area contributed by atoms with Crippen molar-refractivity contribution in [2.75, 3.05) is 0 Å². The van der Waals surface area contributed by atoms with Gasteiger partial charge in [0.1, 0.15) is 34.2 Å². The molecule has 0 radical (unpaired) electrons. The van der Waals surface area contributed by atoms with Crippen molar-refractivity contribution < 1.29 is 13.9 Å². The lowest BCUT2D eigenvalue weighted by Crippen LogP contribution is -2.64. The molecule has 0 amide bonds. The predicted octanol–water partition coefficient (Wildman–Crippen LogP) is 7.68. The molecule has 3 aliphatic heterocycles. The summed E-state index contributed by atoms with van der Waals surface area (Å²) in [5, 5.41) is 2.17. The number of aromatic nitrogens is 1. The zero-order valence-electron chi connectivity index (χ0n) is 23.6. The first-order valence-corrected chi connectivity index (χ1v) is 14.7. The summed E-state index contributed by atoms with van der Waals surface area (Å²) < 4.78 is 20.3. The Balaban J connectivity index is 1.25. The molecule has 0 bridgehead atoms. The molecule has 5 heteroatoms. The minimum atomic E-state index is -0.168. The van der Waals surface area contributed by atoms with Crippen LogP contribution in [0.1, 0.15) is 25.0 Å². The second kappa shape index (κ2) is 7.96. The van der Waals surface area contributed by atoms with Gasteiger partial charge in [0.2, 0.25) is 0 Å². The van der Waals surface area contributed by atoms with Crippen LogP contribution in [0.5, 0.6) is 23.0 Å². The van der Waals surface area contributed by atoms with Crippen LogP contribution in [0.2, 0.25) is 0 Å². The Bertz CT molecular complexity index is 2320. The molecule has 43 heavy (non-hydrogen) atoms. The van der Waals surface area contributed by atoms with E-state index in [1.54, 1.807) is 0 Å². The van der Waals surface area contributed by atoms with Crippen LogP contribution in [0.15, 0.2) is 114 Å². The average molecular weight is 553 g/mol. The maximum atomic E-state index is 6.92. The van der Waals surface area contributed by atoms with E-state index < -0.39 is 0 Å². The number of hydrogen-bond donors (Lipinski definition) is 0. The maximum absolute atomic E-state index is 6.92. The Morgan fingerprint density at radius 2 is 1.16 bits per heavy atom. The Morgan fingerprint density at radius 1 is 0.558 bits per heavy atom. The summed E-state index contributed by atoms with van der Waals surface area (Å²) in [6.45, 7) is 4.66. The fraction of sp³-hybridized carbons (Fsp3) is 0.0789. The molecule has 7 aromatic rings. The summed E-state index contributed by atoms with van der Waals surface area (Å²) in [6, 6.07) is 34.0. The van der Waals surface area contributed by atoms with Crippen molar-refractivity contribution in [1.82, 2.24) is 4.98 Å². The SMILES string of the molecule is CC1(C)c2cccc3c2B2c4c(cccc41)Oc1c(-c4cccc5c4oc4c(-c6ccncc6)cccc45)ccc(c12)O3. The van der Waals surface area contributed by atoms with E-state index in [0.29, 0.717) is 0 Å². The highest BCUT2D eigenvalue weighted by Gasteiger charge is 2.50. The van der Waals surface area contributed by atoms with Crippen LogP contribution in [0.25, 0.3) is 44.2 Å². The molecular weight excluding hydrogens is 529 g/mol. The van der Waals surface area contributed by atoms with E-state index >= 15 is 0 Å². The van der Waals surface area contributed by atoms with E-state index in [4.69, 9.17) is 13.9 Å². The van der Waals surface area contributed by atoms with Crippen LogP contribution in [0.4, 0.5) is 0 Å².